The Morgan fingerprint density at radius 2 is 2.12 bits per heavy atom. The second-order valence-electron chi connectivity index (χ2n) is 3.48. The Hall–Kier alpha value is -2.17. The topological polar surface area (TPSA) is 70.6 Å². The molecule has 2 N–H and O–H groups in total. The van der Waals surface area contributed by atoms with Crippen LogP contribution in [0.1, 0.15) is 12.8 Å². The summed E-state index contributed by atoms with van der Waals surface area (Å²) in [7, 11) is 0. The maximum absolute atomic E-state index is 11.5. The van der Waals surface area contributed by atoms with E-state index in [1.54, 1.807) is 12.1 Å². The summed E-state index contributed by atoms with van der Waals surface area (Å²) in [5.41, 5.74) is 3.62. The minimum absolute atomic E-state index is 0.146. The van der Waals surface area contributed by atoms with Crippen LogP contribution >= 0.6 is 0 Å². The molecule has 0 saturated heterocycles. The molecule has 1 aromatic carbocycles. The number of anilines is 1. The number of hydrogen-bond donors (Lipinski definition) is 2. The minimum atomic E-state index is -0.165. The Labute approximate surface area is 92.5 Å². The Morgan fingerprint density at radius 3 is 2.75 bits per heavy atom. The summed E-state index contributed by atoms with van der Waals surface area (Å²) in [4.78, 5) is 22.4. The van der Waals surface area contributed by atoms with E-state index in [0.717, 1.165) is 5.69 Å². The van der Waals surface area contributed by atoms with Gasteiger partial charge >= 0.3 is 0 Å². The van der Waals surface area contributed by atoms with E-state index in [2.05, 4.69) is 15.8 Å². The van der Waals surface area contributed by atoms with E-state index in [1.807, 2.05) is 18.2 Å². The third-order valence-corrected chi connectivity index (χ3v) is 2.13. The van der Waals surface area contributed by atoms with Crippen molar-refractivity contribution in [2.75, 3.05) is 5.32 Å². The zero-order valence-electron chi connectivity index (χ0n) is 8.56. The van der Waals surface area contributed by atoms with E-state index >= 15 is 0 Å². The van der Waals surface area contributed by atoms with Gasteiger partial charge in [-0.3, -0.25) is 9.59 Å². The fourth-order valence-corrected chi connectivity index (χ4v) is 1.42. The van der Waals surface area contributed by atoms with Crippen molar-refractivity contribution in [3.63, 3.8) is 0 Å². The van der Waals surface area contributed by atoms with Crippen LogP contribution in [0.4, 0.5) is 5.69 Å². The molecular weight excluding hydrogens is 206 g/mol. The van der Waals surface area contributed by atoms with Crippen LogP contribution in [0.5, 0.6) is 0 Å². The first-order chi connectivity index (χ1) is 7.74. The first kappa shape index (κ1) is 10.4. The molecule has 82 valence electrons. The number of nitrogens with one attached hydrogen (secondary N) is 2. The van der Waals surface area contributed by atoms with Crippen LogP contribution in [0.15, 0.2) is 35.4 Å². The summed E-state index contributed by atoms with van der Waals surface area (Å²) in [6.07, 6.45) is 0.357. The second kappa shape index (κ2) is 4.57. The van der Waals surface area contributed by atoms with Crippen LogP contribution < -0.4 is 10.7 Å². The number of carbonyl (C=O) groups is 2. The third kappa shape index (κ3) is 2.66. The summed E-state index contributed by atoms with van der Waals surface area (Å²) >= 11 is 0. The molecule has 0 atom stereocenters. The van der Waals surface area contributed by atoms with Gasteiger partial charge in [-0.2, -0.15) is 5.10 Å². The number of amides is 2. The molecule has 0 unspecified atom stereocenters. The molecule has 0 radical (unpaired) electrons. The normalized spacial score (nSPS) is 14.2. The molecule has 0 saturated carbocycles. The van der Waals surface area contributed by atoms with Crippen LogP contribution in [-0.4, -0.2) is 17.5 Å². The SMILES string of the molecule is O=C1CC(CC(=O)Nc2ccccc2)=NN1. The number of hydrogen-bond acceptors (Lipinski definition) is 3. The van der Waals surface area contributed by atoms with Gasteiger partial charge < -0.3 is 5.32 Å². The minimum Gasteiger partial charge on any atom is -0.326 e. The number of para-hydroxylation sites is 1. The number of hydrazone groups is 1. The molecule has 2 rings (SSSR count). The quantitative estimate of drug-likeness (QED) is 0.789. The fourth-order valence-electron chi connectivity index (χ4n) is 1.42. The molecule has 5 heteroatoms. The maximum Gasteiger partial charge on any atom is 0.245 e. The van der Waals surface area contributed by atoms with E-state index in [1.165, 1.54) is 0 Å². The highest BCUT2D eigenvalue weighted by atomic mass is 16.2. The van der Waals surface area contributed by atoms with Crippen LogP contribution in [0.2, 0.25) is 0 Å². The van der Waals surface area contributed by atoms with Crippen molar-refractivity contribution < 1.29 is 9.59 Å². The van der Waals surface area contributed by atoms with Crippen LogP contribution in [0.25, 0.3) is 0 Å². The van der Waals surface area contributed by atoms with Gasteiger partial charge in [0.25, 0.3) is 0 Å². The highest BCUT2D eigenvalue weighted by molar-refractivity contribution is 6.14. The Kier molecular flexibility index (Phi) is 2.95. The summed E-state index contributed by atoms with van der Waals surface area (Å²) in [5.74, 6) is -0.330. The van der Waals surface area contributed by atoms with E-state index in [0.29, 0.717) is 5.71 Å². The van der Waals surface area contributed by atoms with Crippen molar-refractivity contribution in [3.05, 3.63) is 30.3 Å². The second-order valence-corrected chi connectivity index (χ2v) is 3.48. The van der Waals surface area contributed by atoms with Crippen molar-refractivity contribution >= 4 is 23.2 Å². The van der Waals surface area contributed by atoms with Gasteiger partial charge in [-0.1, -0.05) is 18.2 Å². The standard InChI is InChI=1S/C11H11N3O2/c15-10(6-9-7-11(16)14-13-9)12-8-4-2-1-3-5-8/h1-5H,6-7H2,(H,12,15)(H,14,16). The first-order valence-electron chi connectivity index (χ1n) is 4.93. The van der Waals surface area contributed by atoms with Gasteiger partial charge in [0.2, 0.25) is 11.8 Å². The lowest BCUT2D eigenvalue weighted by atomic mass is 10.2. The molecule has 5 nitrogen and oxygen atoms in total. The van der Waals surface area contributed by atoms with Gasteiger partial charge in [-0.25, -0.2) is 5.43 Å². The molecule has 0 bridgehead atoms. The van der Waals surface area contributed by atoms with Crippen molar-refractivity contribution in [2.45, 2.75) is 12.8 Å². The lowest BCUT2D eigenvalue weighted by molar-refractivity contribution is -0.119. The third-order valence-electron chi connectivity index (χ3n) is 2.13. The van der Waals surface area contributed by atoms with Crippen LogP contribution in [0.3, 0.4) is 0 Å². The molecule has 0 aliphatic carbocycles. The number of benzene rings is 1. The Balaban J connectivity index is 1.88. The molecule has 0 aromatic heterocycles. The van der Waals surface area contributed by atoms with Crippen LogP contribution in [0, 0.1) is 0 Å². The summed E-state index contributed by atoms with van der Waals surface area (Å²) in [6, 6.07) is 9.16. The Bertz CT molecular complexity index is 440. The molecule has 16 heavy (non-hydrogen) atoms. The summed E-state index contributed by atoms with van der Waals surface area (Å²) < 4.78 is 0. The zero-order valence-corrected chi connectivity index (χ0v) is 8.56. The van der Waals surface area contributed by atoms with E-state index in [4.69, 9.17) is 0 Å². The molecular formula is C11H11N3O2. The molecule has 0 fully saturated rings. The summed E-state index contributed by atoms with van der Waals surface area (Å²) in [5, 5.41) is 6.48. The molecule has 1 aliphatic rings. The molecule has 2 amide bonds. The van der Waals surface area contributed by atoms with Crippen molar-refractivity contribution in [3.8, 4) is 0 Å². The first-order valence-corrected chi connectivity index (χ1v) is 4.93. The van der Waals surface area contributed by atoms with Gasteiger partial charge in [0.1, 0.15) is 0 Å². The average Bonchev–Trinajstić information content (AvgIpc) is 2.65. The molecule has 0 spiro atoms. The zero-order chi connectivity index (χ0) is 11.4. The van der Waals surface area contributed by atoms with Gasteiger partial charge in [0, 0.05) is 5.69 Å². The van der Waals surface area contributed by atoms with Gasteiger partial charge in [0.05, 0.1) is 18.6 Å². The van der Waals surface area contributed by atoms with Crippen molar-refractivity contribution in [1.29, 1.82) is 0 Å². The number of carbonyl (C=O) groups excluding carboxylic acids is 2. The molecule has 1 heterocycles. The van der Waals surface area contributed by atoms with Gasteiger partial charge in [-0.15, -0.1) is 0 Å². The number of rotatable bonds is 3. The number of nitrogens with zero attached hydrogens (tertiary/aromatic N) is 1. The van der Waals surface area contributed by atoms with E-state index in [-0.39, 0.29) is 24.7 Å². The fraction of sp³-hybridized carbons (Fsp3) is 0.182. The van der Waals surface area contributed by atoms with Crippen molar-refractivity contribution in [1.82, 2.24) is 5.43 Å². The largest absolute Gasteiger partial charge is 0.326 e. The highest BCUT2D eigenvalue weighted by Gasteiger charge is 2.17. The maximum atomic E-state index is 11.5. The predicted octanol–water partition coefficient (Wildman–Crippen LogP) is 0.891. The van der Waals surface area contributed by atoms with Crippen LogP contribution in [-0.2, 0) is 9.59 Å². The predicted molar refractivity (Wildman–Crippen MR) is 59.9 cm³/mol. The summed E-state index contributed by atoms with van der Waals surface area (Å²) in [6.45, 7) is 0. The van der Waals surface area contributed by atoms with E-state index < -0.39 is 0 Å². The lowest BCUT2D eigenvalue weighted by Crippen LogP contribution is -2.16. The lowest BCUT2D eigenvalue weighted by Gasteiger charge is -2.03. The average molecular weight is 217 g/mol. The Morgan fingerprint density at radius 1 is 1.38 bits per heavy atom. The molecule has 1 aliphatic heterocycles. The highest BCUT2D eigenvalue weighted by Crippen LogP contribution is 2.07. The monoisotopic (exact) mass is 217 g/mol. The van der Waals surface area contributed by atoms with Gasteiger partial charge in [0.15, 0.2) is 0 Å². The van der Waals surface area contributed by atoms with Gasteiger partial charge in [-0.05, 0) is 12.1 Å². The van der Waals surface area contributed by atoms with Crippen molar-refractivity contribution in [2.24, 2.45) is 5.10 Å². The van der Waals surface area contributed by atoms with E-state index in [9.17, 15) is 9.59 Å². The smallest absolute Gasteiger partial charge is 0.245 e. The molecule has 1 aromatic rings.